The molecule has 0 radical (unpaired) electrons. The molecule has 19 heavy (non-hydrogen) atoms. The van der Waals surface area contributed by atoms with E-state index in [1.165, 1.54) is 30.5 Å². The molecular formula is C15H22N4. The maximum Gasteiger partial charge on any atom is 0.146 e. The average Bonchev–Trinajstić information content (AvgIpc) is 3.17. The van der Waals surface area contributed by atoms with E-state index < -0.39 is 0 Å². The molecule has 0 aliphatic heterocycles. The van der Waals surface area contributed by atoms with Gasteiger partial charge in [0.1, 0.15) is 17.8 Å². The Balaban J connectivity index is 2.15. The molecule has 1 saturated carbocycles. The third-order valence-corrected chi connectivity index (χ3v) is 4.50. The fourth-order valence-corrected chi connectivity index (χ4v) is 3.09. The second kappa shape index (κ2) is 4.51. The van der Waals surface area contributed by atoms with Gasteiger partial charge in [0.25, 0.3) is 0 Å². The maximum atomic E-state index is 6.03. The van der Waals surface area contributed by atoms with Crippen molar-refractivity contribution in [3.05, 3.63) is 17.6 Å². The van der Waals surface area contributed by atoms with E-state index in [1.807, 2.05) is 0 Å². The van der Waals surface area contributed by atoms with Crippen molar-refractivity contribution in [2.45, 2.75) is 52.5 Å². The van der Waals surface area contributed by atoms with Gasteiger partial charge >= 0.3 is 0 Å². The zero-order valence-electron chi connectivity index (χ0n) is 12.0. The van der Waals surface area contributed by atoms with Crippen LogP contribution in [0, 0.1) is 19.8 Å². The molecule has 2 aromatic rings. The van der Waals surface area contributed by atoms with Crippen LogP contribution in [-0.2, 0) is 0 Å². The highest BCUT2D eigenvalue weighted by atomic mass is 15.1. The quantitative estimate of drug-likeness (QED) is 0.914. The smallest absolute Gasteiger partial charge is 0.146 e. The topological polar surface area (TPSA) is 56.7 Å². The van der Waals surface area contributed by atoms with Crippen molar-refractivity contribution in [1.29, 1.82) is 0 Å². The van der Waals surface area contributed by atoms with Crippen LogP contribution in [-0.4, -0.2) is 14.5 Å². The number of rotatable bonds is 4. The molecule has 4 heteroatoms. The van der Waals surface area contributed by atoms with Crippen LogP contribution in [0.5, 0.6) is 0 Å². The van der Waals surface area contributed by atoms with E-state index in [-0.39, 0.29) is 0 Å². The summed E-state index contributed by atoms with van der Waals surface area (Å²) in [5.41, 5.74) is 9.55. The number of hydrogen-bond acceptors (Lipinski definition) is 3. The Morgan fingerprint density at radius 3 is 2.74 bits per heavy atom. The van der Waals surface area contributed by atoms with Crippen LogP contribution in [0.4, 0.5) is 5.82 Å². The largest absolute Gasteiger partial charge is 0.383 e. The highest BCUT2D eigenvalue weighted by Crippen LogP contribution is 2.40. The Bertz CT molecular complexity index is 610. The van der Waals surface area contributed by atoms with E-state index >= 15 is 0 Å². The minimum atomic E-state index is 0.540. The normalized spacial score (nSPS) is 17.0. The fourth-order valence-electron chi connectivity index (χ4n) is 3.09. The Kier molecular flexibility index (Phi) is 2.96. The maximum absolute atomic E-state index is 6.03. The molecule has 0 aromatic carbocycles. The van der Waals surface area contributed by atoms with Gasteiger partial charge in [0, 0.05) is 11.7 Å². The van der Waals surface area contributed by atoms with Gasteiger partial charge in [-0.3, -0.25) is 0 Å². The lowest BCUT2D eigenvalue weighted by Gasteiger charge is -2.20. The minimum absolute atomic E-state index is 0.540. The number of aromatic nitrogens is 3. The van der Waals surface area contributed by atoms with Gasteiger partial charge in [-0.05, 0) is 38.2 Å². The summed E-state index contributed by atoms with van der Waals surface area (Å²) in [6.45, 7) is 6.56. The van der Waals surface area contributed by atoms with Crippen molar-refractivity contribution in [1.82, 2.24) is 14.5 Å². The Labute approximate surface area is 114 Å². The standard InChI is InChI=1S/C15H22N4/c1-4-12(7-11-5-6-11)19-10(3)9(2)13-14(16)17-8-18-15(13)19/h8,11-12H,4-7H2,1-3H3,(H2,16,17,18). The first kappa shape index (κ1) is 12.5. The number of anilines is 1. The third-order valence-electron chi connectivity index (χ3n) is 4.50. The van der Waals surface area contributed by atoms with Crippen LogP contribution < -0.4 is 5.73 Å². The van der Waals surface area contributed by atoms with Gasteiger partial charge in [-0.1, -0.05) is 19.8 Å². The first-order chi connectivity index (χ1) is 9.13. The van der Waals surface area contributed by atoms with Crippen molar-refractivity contribution >= 4 is 16.9 Å². The predicted molar refractivity (Wildman–Crippen MR) is 78.1 cm³/mol. The molecule has 1 fully saturated rings. The van der Waals surface area contributed by atoms with E-state index in [0.717, 1.165) is 23.4 Å². The van der Waals surface area contributed by atoms with Gasteiger partial charge in [0.05, 0.1) is 5.39 Å². The van der Waals surface area contributed by atoms with E-state index in [9.17, 15) is 0 Å². The molecule has 1 atom stereocenters. The predicted octanol–water partition coefficient (Wildman–Crippen LogP) is 3.38. The third kappa shape index (κ3) is 1.99. The van der Waals surface area contributed by atoms with Crippen molar-refractivity contribution < 1.29 is 0 Å². The van der Waals surface area contributed by atoms with E-state index in [0.29, 0.717) is 11.9 Å². The molecule has 2 heterocycles. The summed E-state index contributed by atoms with van der Waals surface area (Å²) in [6.07, 6.45) is 6.78. The second-order valence-corrected chi connectivity index (χ2v) is 5.78. The first-order valence-electron chi connectivity index (χ1n) is 7.21. The number of fused-ring (bicyclic) bond motifs is 1. The van der Waals surface area contributed by atoms with Gasteiger partial charge < -0.3 is 10.3 Å². The average molecular weight is 258 g/mol. The first-order valence-corrected chi connectivity index (χ1v) is 7.21. The summed E-state index contributed by atoms with van der Waals surface area (Å²) in [7, 11) is 0. The molecule has 1 aliphatic carbocycles. The number of nitrogens with two attached hydrogens (primary N) is 1. The van der Waals surface area contributed by atoms with Gasteiger partial charge in [0.15, 0.2) is 0 Å². The highest BCUT2D eigenvalue weighted by Gasteiger charge is 2.28. The van der Waals surface area contributed by atoms with Crippen LogP contribution >= 0.6 is 0 Å². The van der Waals surface area contributed by atoms with Crippen molar-refractivity contribution in [2.24, 2.45) is 5.92 Å². The van der Waals surface area contributed by atoms with Crippen LogP contribution in [0.15, 0.2) is 6.33 Å². The van der Waals surface area contributed by atoms with Crippen molar-refractivity contribution in [2.75, 3.05) is 5.73 Å². The highest BCUT2D eigenvalue weighted by molar-refractivity contribution is 5.90. The molecule has 102 valence electrons. The van der Waals surface area contributed by atoms with Crippen LogP contribution in [0.3, 0.4) is 0 Å². The lowest BCUT2D eigenvalue weighted by Crippen LogP contribution is -2.11. The molecule has 1 unspecified atom stereocenters. The summed E-state index contributed by atoms with van der Waals surface area (Å²) < 4.78 is 2.39. The molecule has 0 bridgehead atoms. The molecule has 2 N–H and O–H groups in total. The Morgan fingerprint density at radius 1 is 1.37 bits per heavy atom. The van der Waals surface area contributed by atoms with E-state index in [2.05, 4.69) is 35.3 Å². The summed E-state index contributed by atoms with van der Waals surface area (Å²) in [6, 6.07) is 0.540. The van der Waals surface area contributed by atoms with E-state index in [1.54, 1.807) is 6.33 Å². The number of nitrogen functional groups attached to an aromatic ring is 1. The van der Waals surface area contributed by atoms with Gasteiger partial charge in [-0.2, -0.15) is 0 Å². The monoisotopic (exact) mass is 258 g/mol. The summed E-state index contributed by atoms with van der Waals surface area (Å²) in [4.78, 5) is 8.63. The van der Waals surface area contributed by atoms with Gasteiger partial charge in [-0.15, -0.1) is 0 Å². The van der Waals surface area contributed by atoms with Crippen LogP contribution in [0.25, 0.3) is 11.0 Å². The van der Waals surface area contributed by atoms with Crippen molar-refractivity contribution in [3.8, 4) is 0 Å². The SMILES string of the molecule is CCC(CC1CC1)n1c(C)c(C)c2c(N)ncnc21. The van der Waals surface area contributed by atoms with Gasteiger partial charge in [0.2, 0.25) is 0 Å². The molecule has 2 aromatic heterocycles. The molecule has 0 saturated heterocycles. The molecule has 0 amide bonds. The summed E-state index contributed by atoms with van der Waals surface area (Å²) in [5, 5.41) is 1.04. The summed E-state index contributed by atoms with van der Waals surface area (Å²) in [5.74, 6) is 1.52. The number of hydrogen-bond donors (Lipinski definition) is 1. The molecule has 3 rings (SSSR count). The fraction of sp³-hybridized carbons (Fsp3) is 0.600. The van der Waals surface area contributed by atoms with Gasteiger partial charge in [-0.25, -0.2) is 9.97 Å². The van der Waals surface area contributed by atoms with Crippen molar-refractivity contribution in [3.63, 3.8) is 0 Å². The number of aryl methyl sites for hydroxylation is 1. The summed E-state index contributed by atoms with van der Waals surface area (Å²) >= 11 is 0. The van der Waals surface area contributed by atoms with Crippen LogP contribution in [0.1, 0.15) is 49.9 Å². The minimum Gasteiger partial charge on any atom is -0.383 e. The Morgan fingerprint density at radius 2 is 2.11 bits per heavy atom. The lowest BCUT2D eigenvalue weighted by atomic mass is 10.1. The lowest BCUT2D eigenvalue weighted by molar-refractivity contribution is 0.431. The van der Waals surface area contributed by atoms with E-state index in [4.69, 9.17) is 5.73 Å². The zero-order valence-corrected chi connectivity index (χ0v) is 12.0. The molecule has 1 aliphatic rings. The Hall–Kier alpha value is -1.58. The molecule has 0 spiro atoms. The molecular weight excluding hydrogens is 236 g/mol. The second-order valence-electron chi connectivity index (χ2n) is 5.78. The molecule has 4 nitrogen and oxygen atoms in total. The number of nitrogens with zero attached hydrogens (tertiary/aromatic N) is 3. The van der Waals surface area contributed by atoms with Crippen LogP contribution in [0.2, 0.25) is 0 Å². The zero-order chi connectivity index (χ0) is 13.6.